The van der Waals surface area contributed by atoms with Crippen LogP contribution in [-0.2, 0) is 10.0 Å². The van der Waals surface area contributed by atoms with Gasteiger partial charge in [0.15, 0.2) is 0 Å². The molecule has 20 heavy (non-hydrogen) atoms. The molecule has 0 unspecified atom stereocenters. The molecule has 0 aliphatic heterocycles. The summed E-state index contributed by atoms with van der Waals surface area (Å²) in [4.78, 5) is 12.1. The lowest BCUT2D eigenvalue weighted by atomic mass is 10.1. The third-order valence-electron chi connectivity index (χ3n) is 2.97. The summed E-state index contributed by atoms with van der Waals surface area (Å²) in [7, 11) is -3.76. The molecule has 1 heterocycles. The fraction of sp³-hybridized carbons (Fsp3) is 0.154. The van der Waals surface area contributed by atoms with E-state index in [0.717, 1.165) is 22.5 Å². The van der Waals surface area contributed by atoms with Gasteiger partial charge in [-0.2, -0.15) is 0 Å². The van der Waals surface area contributed by atoms with Gasteiger partial charge in [0.25, 0.3) is 5.91 Å². The SMILES string of the molecule is Cc1cccc(NC(=O)c2csc(S(N)(=O)=O)c2)c1C. The molecule has 3 N–H and O–H groups in total. The molecule has 0 spiro atoms. The summed E-state index contributed by atoms with van der Waals surface area (Å²) in [6.07, 6.45) is 0. The number of thiophene rings is 1. The van der Waals surface area contributed by atoms with Crippen molar-refractivity contribution in [2.24, 2.45) is 5.14 Å². The van der Waals surface area contributed by atoms with Crippen molar-refractivity contribution < 1.29 is 13.2 Å². The molecule has 0 bridgehead atoms. The summed E-state index contributed by atoms with van der Waals surface area (Å²) in [5.74, 6) is -0.357. The van der Waals surface area contributed by atoms with E-state index in [9.17, 15) is 13.2 Å². The van der Waals surface area contributed by atoms with E-state index in [2.05, 4.69) is 5.32 Å². The first kappa shape index (κ1) is 14.7. The third kappa shape index (κ3) is 3.06. The largest absolute Gasteiger partial charge is 0.322 e. The molecule has 1 aromatic carbocycles. The van der Waals surface area contributed by atoms with Gasteiger partial charge in [0.1, 0.15) is 4.21 Å². The third-order valence-corrected chi connectivity index (χ3v) is 5.36. The highest BCUT2D eigenvalue weighted by molar-refractivity contribution is 7.91. The number of amides is 1. The average molecular weight is 310 g/mol. The molecule has 5 nitrogen and oxygen atoms in total. The maximum absolute atomic E-state index is 12.1. The lowest BCUT2D eigenvalue weighted by Gasteiger charge is -2.09. The molecule has 7 heteroatoms. The van der Waals surface area contributed by atoms with Crippen molar-refractivity contribution in [2.75, 3.05) is 5.32 Å². The predicted molar refractivity (Wildman–Crippen MR) is 79.6 cm³/mol. The Bertz CT molecular complexity index is 764. The molecule has 1 amide bonds. The Morgan fingerprint density at radius 2 is 2.00 bits per heavy atom. The molecule has 0 saturated carbocycles. The number of carbonyl (C=O) groups excluding carboxylic acids is 1. The summed E-state index contributed by atoms with van der Waals surface area (Å²) >= 11 is 0.929. The highest BCUT2D eigenvalue weighted by Gasteiger charge is 2.15. The Hall–Kier alpha value is -1.70. The van der Waals surface area contributed by atoms with Crippen LogP contribution in [0.25, 0.3) is 0 Å². The van der Waals surface area contributed by atoms with Crippen LogP contribution >= 0.6 is 11.3 Å². The van der Waals surface area contributed by atoms with Crippen LogP contribution in [0.1, 0.15) is 21.5 Å². The number of aryl methyl sites for hydroxylation is 1. The number of nitrogens with one attached hydrogen (secondary N) is 1. The van der Waals surface area contributed by atoms with E-state index in [1.807, 2.05) is 26.0 Å². The van der Waals surface area contributed by atoms with Gasteiger partial charge in [0.05, 0.1) is 5.56 Å². The number of hydrogen-bond acceptors (Lipinski definition) is 4. The fourth-order valence-corrected chi connectivity index (χ4v) is 3.25. The van der Waals surface area contributed by atoms with Crippen molar-refractivity contribution in [1.29, 1.82) is 0 Å². The van der Waals surface area contributed by atoms with Crippen LogP contribution in [0, 0.1) is 13.8 Å². The molecular formula is C13H14N2O3S2. The van der Waals surface area contributed by atoms with Gasteiger partial charge < -0.3 is 5.32 Å². The normalized spacial score (nSPS) is 11.3. The summed E-state index contributed by atoms with van der Waals surface area (Å²) in [5, 5.41) is 9.25. The summed E-state index contributed by atoms with van der Waals surface area (Å²) in [6, 6.07) is 6.88. The zero-order chi connectivity index (χ0) is 14.9. The van der Waals surface area contributed by atoms with Gasteiger partial charge in [-0.05, 0) is 37.1 Å². The second-order valence-corrected chi connectivity index (χ2v) is 7.10. The predicted octanol–water partition coefficient (Wildman–Crippen LogP) is 2.26. The van der Waals surface area contributed by atoms with Crippen molar-refractivity contribution in [1.82, 2.24) is 0 Å². The van der Waals surface area contributed by atoms with E-state index in [1.165, 1.54) is 11.4 Å². The molecule has 0 radical (unpaired) electrons. The van der Waals surface area contributed by atoms with Gasteiger partial charge in [0.2, 0.25) is 10.0 Å². The molecular weight excluding hydrogens is 296 g/mol. The quantitative estimate of drug-likeness (QED) is 0.911. The maximum Gasteiger partial charge on any atom is 0.256 e. The summed E-state index contributed by atoms with van der Waals surface area (Å²) < 4.78 is 22.3. The zero-order valence-electron chi connectivity index (χ0n) is 11.0. The number of benzene rings is 1. The molecule has 2 rings (SSSR count). The smallest absolute Gasteiger partial charge is 0.256 e. The lowest BCUT2D eigenvalue weighted by Crippen LogP contribution is -2.13. The monoisotopic (exact) mass is 310 g/mol. The lowest BCUT2D eigenvalue weighted by molar-refractivity contribution is 0.102. The van der Waals surface area contributed by atoms with E-state index < -0.39 is 10.0 Å². The zero-order valence-corrected chi connectivity index (χ0v) is 12.6. The van der Waals surface area contributed by atoms with Crippen LogP contribution in [0.4, 0.5) is 5.69 Å². The standard InChI is InChI=1S/C13H14N2O3S2/c1-8-4-3-5-11(9(8)2)15-13(16)10-6-12(19-7-10)20(14,17)18/h3-7H,1-2H3,(H,15,16)(H2,14,17,18). The molecule has 2 aromatic rings. The first-order chi connectivity index (χ1) is 9.29. The summed E-state index contributed by atoms with van der Waals surface area (Å²) in [5.41, 5.74) is 3.03. The van der Waals surface area contributed by atoms with Crippen LogP contribution in [0.2, 0.25) is 0 Å². The number of anilines is 1. The van der Waals surface area contributed by atoms with Crippen molar-refractivity contribution >= 4 is 33.0 Å². The van der Waals surface area contributed by atoms with Crippen LogP contribution in [0.5, 0.6) is 0 Å². The van der Waals surface area contributed by atoms with Crippen molar-refractivity contribution in [3.05, 3.63) is 46.3 Å². The maximum atomic E-state index is 12.1. The highest BCUT2D eigenvalue weighted by atomic mass is 32.2. The Balaban J connectivity index is 2.25. The number of hydrogen-bond donors (Lipinski definition) is 2. The Kier molecular flexibility index (Phi) is 3.94. The first-order valence-corrected chi connectivity index (χ1v) is 8.20. The minimum Gasteiger partial charge on any atom is -0.322 e. The van der Waals surface area contributed by atoms with Gasteiger partial charge >= 0.3 is 0 Å². The van der Waals surface area contributed by atoms with Crippen molar-refractivity contribution in [3.8, 4) is 0 Å². The first-order valence-electron chi connectivity index (χ1n) is 5.78. The van der Waals surface area contributed by atoms with Crippen LogP contribution in [-0.4, -0.2) is 14.3 Å². The number of primary sulfonamides is 1. The minimum absolute atomic E-state index is 0.0244. The van der Waals surface area contributed by atoms with Gasteiger partial charge in [-0.15, -0.1) is 11.3 Å². The molecule has 106 valence electrons. The van der Waals surface area contributed by atoms with Crippen molar-refractivity contribution in [2.45, 2.75) is 18.1 Å². The van der Waals surface area contributed by atoms with Crippen LogP contribution in [0.15, 0.2) is 33.9 Å². The van der Waals surface area contributed by atoms with E-state index in [1.54, 1.807) is 6.07 Å². The number of carbonyl (C=O) groups is 1. The molecule has 0 atom stereocenters. The van der Waals surface area contributed by atoms with Crippen LogP contribution < -0.4 is 10.5 Å². The van der Waals surface area contributed by atoms with Gasteiger partial charge in [-0.1, -0.05) is 12.1 Å². The molecule has 0 fully saturated rings. The Morgan fingerprint density at radius 1 is 1.30 bits per heavy atom. The van der Waals surface area contributed by atoms with Gasteiger partial charge in [0, 0.05) is 11.1 Å². The second-order valence-electron chi connectivity index (χ2n) is 4.40. The molecule has 0 aliphatic rings. The fourth-order valence-electron chi connectivity index (χ4n) is 1.67. The van der Waals surface area contributed by atoms with E-state index in [-0.39, 0.29) is 15.7 Å². The second kappa shape index (κ2) is 5.35. The Morgan fingerprint density at radius 3 is 2.60 bits per heavy atom. The van der Waals surface area contributed by atoms with Crippen LogP contribution in [0.3, 0.4) is 0 Å². The average Bonchev–Trinajstić information content (AvgIpc) is 2.84. The van der Waals surface area contributed by atoms with Gasteiger partial charge in [-0.25, -0.2) is 13.6 Å². The Labute approximate surface area is 121 Å². The molecule has 0 saturated heterocycles. The highest BCUT2D eigenvalue weighted by Crippen LogP contribution is 2.22. The summed E-state index contributed by atoms with van der Waals surface area (Å²) in [6.45, 7) is 3.86. The van der Waals surface area contributed by atoms with E-state index in [4.69, 9.17) is 5.14 Å². The number of nitrogens with two attached hydrogens (primary N) is 1. The van der Waals surface area contributed by atoms with E-state index in [0.29, 0.717) is 5.69 Å². The molecule has 1 aromatic heterocycles. The van der Waals surface area contributed by atoms with Gasteiger partial charge in [-0.3, -0.25) is 4.79 Å². The number of sulfonamides is 1. The van der Waals surface area contributed by atoms with Crippen molar-refractivity contribution in [3.63, 3.8) is 0 Å². The minimum atomic E-state index is -3.76. The molecule has 0 aliphatic carbocycles. The number of rotatable bonds is 3. The topological polar surface area (TPSA) is 89.3 Å². The van der Waals surface area contributed by atoms with E-state index >= 15 is 0 Å².